The van der Waals surface area contributed by atoms with E-state index in [0.717, 1.165) is 23.8 Å². The van der Waals surface area contributed by atoms with Gasteiger partial charge in [-0.1, -0.05) is 18.2 Å². The zero-order chi connectivity index (χ0) is 9.80. The number of aryl methyl sites for hydroxylation is 1. The molecular weight excluding hydrogens is 174 g/mol. The minimum atomic E-state index is 0.734. The number of para-hydroxylation sites is 1. The van der Waals surface area contributed by atoms with E-state index >= 15 is 0 Å². The maximum atomic E-state index is 4.21. The van der Waals surface area contributed by atoms with Gasteiger partial charge in [0.25, 0.3) is 0 Å². The summed E-state index contributed by atoms with van der Waals surface area (Å²) in [4.78, 5) is 7.39. The molecule has 2 rings (SSSR count). The first-order valence-electron chi connectivity index (χ1n) is 4.64. The molecule has 0 amide bonds. The van der Waals surface area contributed by atoms with Crippen LogP contribution in [-0.4, -0.2) is 9.97 Å². The average Bonchev–Trinajstić information content (AvgIpc) is 2.63. The summed E-state index contributed by atoms with van der Waals surface area (Å²) in [5.74, 6) is 0.964. The Balaban J connectivity index is 1.95. The van der Waals surface area contributed by atoms with Crippen LogP contribution in [-0.2, 0) is 6.54 Å². The third-order valence-corrected chi connectivity index (χ3v) is 1.99. The molecule has 0 fully saturated rings. The summed E-state index contributed by atoms with van der Waals surface area (Å²) in [5.41, 5.74) is 2.21. The molecule has 0 saturated heterocycles. The molecule has 0 atom stereocenters. The predicted octanol–water partition coefficient (Wildman–Crippen LogP) is 2.33. The summed E-state index contributed by atoms with van der Waals surface area (Å²) in [6, 6.07) is 10.1. The molecular formula is C11H13N3. The smallest absolute Gasteiger partial charge is 0.125 e. The molecule has 0 aliphatic heterocycles. The van der Waals surface area contributed by atoms with Crippen LogP contribution < -0.4 is 5.32 Å². The molecule has 0 unspecified atom stereocenters. The van der Waals surface area contributed by atoms with Crippen LogP contribution in [0.2, 0.25) is 0 Å². The molecule has 3 heteroatoms. The second-order valence-corrected chi connectivity index (χ2v) is 3.23. The molecule has 0 saturated carbocycles. The van der Waals surface area contributed by atoms with Gasteiger partial charge in [0.1, 0.15) is 5.82 Å². The minimum absolute atomic E-state index is 0.734. The lowest BCUT2D eigenvalue weighted by atomic mass is 10.3. The molecule has 0 radical (unpaired) electrons. The number of aromatic amines is 1. The lowest BCUT2D eigenvalue weighted by Crippen LogP contribution is -2.00. The Morgan fingerprint density at radius 2 is 2.07 bits per heavy atom. The van der Waals surface area contributed by atoms with E-state index in [0.29, 0.717) is 0 Å². The van der Waals surface area contributed by atoms with Gasteiger partial charge in [0.2, 0.25) is 0 Å². The summed E-state index contributed by atoms with van der Waals surface area (Å²) >= 11 is 0. The Labute approximate surface area is 83.2 Å². The van der Waals surface area contributed by atoms with Gasteiger partial charge in [0.05, 0.1) is 6.54 Å². The van der Waals surface area contributed by atoms with Gasteiger partial charge in [0, 0.05) is 17.6 Å². The van der Waals surface area contributed by atoms with E-state index in [1.165, 1.54) is 0 Å². The first kappa shape index (κ1) is 8.81. The molecule has 2 N–H and O–H groups in total. The highest BCUT2D eigenvalue weighted by molar-refractivity contribution is 5.42. The molecule has 72 valence electrons. The number of nitrogens with one attached hydrogen (secondary N) is 2. The van der Waals surface area contributed by atoms with E-state index in [2.05, 4.69) is 15.3 Å². The average molecular weight is 187 g/mol. The van der Waals surface area contributed by atoms with Crippen LogP contribution in [0.15, 0.2) is 36.5 Å². The maximum absolute atomic E-state index is 4.21. The quantitative estimate of drug-likeness (QED) is 0.774. The number of imidazole rings is 1. The number of hydrogen-bond acceptors (Lipinski definition) is 2. The molecule has 0 aliphatic rings. The van der Waals surface area contributed by atoms with Crippen LogP contribution in [0, 0.1) is 6.92 Å². The molecule has 0 spiro atoms. The third-order valence-electron chi connectivity index (χ3n) is 1.99. The van der Waals surface area contributed by atoms with Crippen molar-refractivity contribution in [2.75, 3.05) is 5.32 Å². The van der Waals surface area contributed by atoms with Crippen LogP contribution in [0.5, 0.6) is 0 Å². The zero-order valence-corrected chi connectivity index (χ0v) is 8.12. The van der Waals surface area contributed by atoms with Crippen LogP contribution >= 0.6 is 0 Å². The van der Waals surface area contributed by atoms with Crippen LogP contribution in [0.1, 0.15) is 11.5 Å². The highest BCUT2D eigenvalue weighted by Crippen LogP contribution is 2.06. The molecule has 0 aliphatic carbocycles. The van der Waals surface area contributed by atoms with Gasteiger partial charge < -0.3 is 10.3 Å². The van der Waals surface area contributed by atoms with Crippen molar-refractivity contribution in [1.29, 1.82) is 0 Å². The van der Waals surface area contributed by atoms with Crippen molar-refractivity contribution in [2.45, 2.75) is 13.5 Å². The lowest BCUT2D eigenvalue weighted by molar-refractivity contribution is 0.992. The van der Waals surface area contributed by atoms with Gasteiger partial charge >= 0.3 is 0 Å². The third kappa shape index (κ3) is 2.13. The van der Waals surface area contributed by atoms with Crippen molar-refractivity contribution < 1.29 is 0 Å². The van der Waals surface area contributed by atoms with Gasteiger partial charge in [0.15, 0.2) is 0 Å². The summed E-state index contributed by atoms with van der Waals surface area (Å²) in [7, 11) is 0. The number of aromatic nitrogens is 2. The molecule has 3 nitrogen and oxygen atoms in total. The van der Waals surface area contributed by atoms with Crippen molar-refractivity contribution in [3.63, 3.8) is 0 Å². The monoisotopic (exact) mass is 187 g/mol. The molecule has 2 aromatic rings. The predicted molar refractivity (Wildman–Crippen MR) is 57.1 cm³/mol. The first-order valence-corrected chi connectivity index (χ1v) is 4.64. The molecule has 14 heavy (non-hydrogen) atoms. The van der Waals surface area contributed by atoms with Gasteiger partial charge in [-0.2, -0.15) is 0 Å². The van der Waals surface area contributed by atoms with Crippen molar-refractivity contribution >= 4 is 5.69 Å². The van der Waals surface area contributed by atoms with Gasteiger partial charge in [-0.05, 0) is 19.1 Å². The van der Waals surface area contributed by atoms with E-state index in [1.807, 2.05) is 43.5 Å². The minimum Gasteiger partial charge on any atom is -0.378 e. The highest BCUT2D eigenvalue weighted by Gasteiger charge is 1.96. The lowest BCUT2D eigenvalue weighted by Gasteiger charge is -2.02. The molecule has 1 heterocycles. The second-order valence-electron chi connectivity index (χ2n) is 3.23. The van der Waals surface area contributed by atoms with E-state index < -0.39 is 0 Å². The Kier molecular flexibility index (Phi) is 2.49. The summed E-state index contributed by atoms with van der Waals surface area (Å²) in [6.45, 7) is 2.73. The van der Waals surface area contributed by atoms with E-state index in [4.69, 9.17) is 0 Å². The summed E-state index contributed by atoms with van der Waals surface area (Å²) < 4.78 is 0. The number of H-pyrrole nitrogens is 1. The summed E-state index contributed by atoms with van der Waals surface area (Å²) in [5, 5.41) is 3.28. The Morgan fingerprint density at radius 3 is 2.71 bits per heavy atom. The second kappa shape index (κ2) is 3.96. The SMILES string of the molecule is Cc1cnc(CNc2ccccc2)[nH]1. The number of anilines is 1. The van der Waals surface area contributed by atoms with Crippen molar-refractivity contribution in [2.24, 2.45) is 0 Å². The number of nitrogens with zero attached hydrogens (tertiary/aromatic N) is 1. The fraction of sp³-hybridized carbons (Fsp3) is 0.182. The zero-order valence-electron chi connectivity index (χ0n) is 8.12. The fourth-order valence-electron chi connectivity index (χ4n) is 1.30. The standard InChI is InChI=1S/C11H13N3/c1-9-7-13-11(14-9)8-12-10-5-3-2-4-6-10/h2-7,12H,8H2,1H3,(H,13,14). The highest BCUT2D eigenvalue weighted by atomic mass is 15.0. The Hall–Kier alpha value is -1.77. The number of benzene rings is 1. The van der Waals surface area contributed by atoms with Gasteiger partial charge in [-0.3, -0.25) is 0 Å². The van der Waals surface area contributed by atoms with Gasteiger partial charge in [-0.25, -0.2) is 4.98 Å². The van der Waals surface area contributed by atoms with Crippen molar-refractivity contribution in [3.8, 4) is 0 Å². The van der Waals surface area contributed by atoms with Crippen LogP contribution in [0.4, 0.5) is 5.69 Å². The van der Waals surface area contributed by atoms with Gasteiger partial charge in [-0.15, -0.1) is 0 Å². The largest absolute Gasteiger partial charge is 0.378 e. The molecule has 1 aromatic carbocycles. The normalized spacial score (nSPS) is 10.1. The van der Waals surface area contributed by atoms with E-state index in [-0.39, 0.29) is 0 Å². The Bertz CT molecular complexity index is 392. The summed E-state index contributed by atoms with van der Waals surface area (Å²) in [6.07, 6.45) is 1.84. The van der Waals surface area contributed by atoms with Crippen molar-refractivity contribution in [3.05, 3.63) is 48.0 Å². The van der Waals surface area contributed by atoms with Crippen LogP contribution in [0.25, 0.3) is 0 Å². The van der Waals surface area contributed by atoms with Crippen molar-refractivity contribution in [1.82, 2.24) is 9.97 Å². The fourth-order valence-corrected chi connectivity index (χ4v) is 1.30. The van der Waals surface area contributed by atoms with E-state index in [1.54, 1.807) is 0 Å². The van der Waals surface area contributed by atoms with E-state index in [9.17, 15) is 0 Å². The topological polar surface area (TPSA) is 40.7 Å². The number of rotatable bonds is 3. The first-order chi connectivity index (χ1) is 6.84. The Morgan fingerprint density at radius 1 is 1.29 bits per heavy atom. The van der Waals surface area contributed by atoms with Crippen LogP contribution in [0.3, 0.4) is 0 Å². The molecule has 0 bridgehead atoms. The maximum Gasteiger partial charge on any atom is 0.125 e. The molecule has 1 aromatic heterocycles. The number of hydrogen-bond donors (Lipinski definition) is 2.